The molecule has 32 heavy (non-hydrogen) atoms. The zero-order chi connectivity index (χ0) is 22.0. The van der Waals surface area contributed by atoms with E-state index in [4.69, 9.17) is 9.47 Å². The highest BCUT2D eigenvalue weighted by molar-refractivity contribution is 5.86. The van der Waals surface area contributed by atoms with Crippen molar-refractivity contribution in [2.45, 2.75) is 38.4 Å². The molecule has 0 unspecified atom stereocenters. The van der Waals surface area contributed by atoms with Gasteiger partial charge < -0.3 is 14.4 Å². The van der Waals surface area contributed by atoms with Gasteiger partial charge in [0.25, 0.3) is 0 Å². The average molecular weight is 431 g/mol. The summed E-state index contributed by atoms with van der Waals surface area (Å²) in [6, 6.07) is 17.1. The van der Waals surface area contributed by atoms with Gasteiger partial charge in [0, 0.05) is 48.8 Å². The first-order chi connectivity index (χ1) is 15.7. The Morgan fingerprint density at radius 2 is 1.72 bits per heavy atom. The number of likely N-dealkylation sites (tertiary alicyclic amines) is 1. The third kappa shape index (κ3) is 3.91. The van der Waals surface area contributed by atoms with Crippen LogP contribution in [0, 0.1) is 5.92 Å². The first kappa shape index (κ1) is 21.1. The molecule has 0 aliphatic carbocycles. The number of ether oxygens (including phenoxy) is 2. The zero-order valence-electron chi connectivity index (χ0n) is 18.6. The van der Waals surface area contributed by atoms with Crippen LogP contribution < -0.4 is 0 Å². The number of pyridine rings is 1. The van der Waals surface area contributed by atoms with Crippen LogP contribution in [0.15, 0.2) is 60.9 Å². The fourth-order valence-corrected chi connectivity index (χ4v) is 5.08. The van der Waals surface area contributed by atoms with Crippen molar-refractivity contribution in [1.82, 2.24) is 9.88 Å². The Morgan fingerprint density at radius 1 is 1.00 bits per heavy atom. The second-order valence-corrected chi connectivity index (χ2v) is 8.74. The number of carbonyl (C=O) groups is 1. The molecule has 0 bridgehead atoms. The van der Waals surface area contributed by atoms with Crippen molar-refractivity contribution in [3.8, 4) is 11.1 Å². The van der Waals surface area contributed by atoms with E-state index in [1.807, 2.05) is 30.3 Å². The minimum Gasteiger partial charge on any atom is -0.346 e. The van der Waals surface area contributed by atoms with E-state index in [1.165, 1.54) is 16.5 Å². The van der Waals surface area contributed by atoms with Gasteiger partial charge in [-0.05, 0) is 47.9 Å². The molecular weight excluding hydrogens is 400 g/mol. The number of rotatable bonds is 4. The predicted octanol–water partition coefficient (Wildman–Crippen LogP) is 5.14. The second kappa shape index (κ2) is 9.00. The number of amides is 1. The van der Waals surface area contributed by atoms with Crippen LogP contribution in [-0.2, 0) is 20.1 Å². The van der Waals surface area contributed by atoms with E-state index in [9.17, 15) is 4.79 Å². The van der Waals surface area contributed by atoms with Gasteiger partial charge in [0.05, 0.1) is 13.2 Å². The highest BCUT2D eigenvalue weighted by atomic mass is 16.7. The molecule has 2 fully saturated rings. The van der Waals surface area contributed by atoms with Crippen LogP contribution >= 0.6 is 0 Å². The van der Waals surface area contributed by atoms with E-state index in [1.54, 1.807) is 0 Å². The Balaban J connectivity index is 1.41. The van der Waals surface area contributed by atoms with Gasteiger partial charge in [0.15, 0.2) is 5.79 Å². The standard InChI is InChI=1S/C27H30N2O3/c1-2-26(30)29-14-11-25(12-15-29)27(31-16-3-17-32-27)24-8-6-20(7-9-24)21-4-5-23-19-28-13-10-22(23)18-21/h4-10,13,18-19,25H,2-3,11-12,14-17H2,1H3. The topological polar surface area (TPSA) is 51.7 Å². The number of nitrogens with zero attached hydrogens (tertiary/aromatic N) is 2. The van der Waals surface area contributed by atoms with Gasteiger partial charge in [0.2, 0.25) is 5.91 Å². The molecule has 3 aromatic rings. The van der Waals surface area contributed by atoms with Gasteiger partial charge in [-0.1, -0.05) is 43.3 Å². The zero-order valence-corrected chi connectivity index (χ0v) is 18.6. The van der Waals surface area contributed by atoms with Gasteiger partial charge in [-0.2, -0.15) is 0 Å². The molecule has 0 spiro atoms. The fraction of sp³-hybridized carbons (Fsp3) is 0.407. The maximum absolute atomic E-state index is 12.1. The summed E-state index contributed by atoms with van der Waals surface area (Å²) in [6.45, 7) is 4.88. The molecule has 2 aliphatic rings. The summed E-state index contributed by atoms with van der Waals surface area (Å²) >= 11 is 0. The lowest BCUT2D eigenvalue weighted by Gasteiger charge is -2.46. The van der Waals surface area contributed by atoms with E-state index in [0.717, 1.165) is 43.3 Å². The molecule has 3 heterocycles. The van der Waals surface area contributed by atoms with Gasteiger partial charge in [-0.25, -0.2) is 0 Å². The fourth-order valence-electron chi connectivity index (χ4n) is 5.08. The molecule has 2 aromatic carbocycles. The molecule has 2 aliphatic heterocycles. The number of hydrogen-bond acceptors (Lipinski definition) is 4. The normalized spacial score (nSPS) is 19.2. The van der Waals surface area contributed by atoms with Crippen LogP contribution in [0.2, 0.25) is 0 Å². The molecule has 0 atom stereocenters. The Bertz CT molecular complexity index is 1080. The molecule has 0 N–H and O–H groups in total. The number of hydrogen-bond donors (Lipinski definition) is 0. The van der Waals surface area contributed by atoms with Crippen molar-refractivity contribution in [3.05, 3.63) is 66.5 Å². The van der Waals surface area contributed by atoms with Crippen molar-refractivity contribution in [3.63, 3.8) is 0 Å². The molecule has 5 nitrogen and oxygen atoms in total. The van der Waals surface area contributed by atoms with Gasteiger partial charge in [-0.3, -0.25) is 9.78 Å². The maximum atomic E-state index is 12.1. The van der Waals surface area contributed by atoms with Crippen molar-refractivity contribution in [1.29, 1.82) is 0 Å². The van der Waals surface area contributed by atoms with E-state index >= 15 is 0 Å². The Hall–Kier alpha value is -2.76. The first-order valence-electron chi connectivity index (χ1n) is 11.7. The highest BCUT2D eigenvalue weighted by Gasteiger charge is 2.45. The third-order valence-corrected chi connectivity index (χ3v) is 6.87. The van der Waals surface area contributed by atoms with Crippen LogP contribution in [-0.4, -0.2) is 42.1 Å². The predicted molar refractivity (Wildman–Crippen MR) is 125 cm³/mol. The molecule has 0 radical (unpaired) electrons. The molecule has 1 aromatic heterocycles. The second-order valence-electron chi connectivity index (χ2n) is 8.74. The summed E-state index contributed by atoms with van der Waals surface area (Å²) in [6.07, 6.45) is 6.99. The summed E-state index contributed by atoms with van der Waals surface area (Å²) in [5.41, 5.74) is 3.43. The molecule has 2 saturated heterocycles. The van der Waals surface area contributed by atoms with Crippen LogP contribution in [0.5, 0.6) is 0 Å². The number of carbonyl (C=O) groups excluding carboxylic acids is 1. The highest BCUT2D eigenvalue weighted by Crippen LogP contribution is 2.43. The molecule has 166 valence electrons. The van der Waals surface area contributed by atoms with E-state index < -0.39 is 5.79 Å². The largest absolute Gasteiger partial charge is 0.346 e. The van der Waals surface area contributed by atoms with Crippen molar-refractivity contribution >= 4 is 16.7 Å². The van der Waals surface area contributed by atoms with Crippen molar-refractivity contribution in [2.24, 2.45) is 5.92 Å². The summed E-state index contributed by atoms with van der Waals surface area (Å²) in [4.78, 5) is 18.3. The van der Waals surface area contributed by atoms with Gasteiger partial charge in [0.1, 0.15) is 0 Å². The molecule has 0 saturated carbocycles. The van der Waals surface area contributed by atoms with Crippen LogP contribution in [0.25, 0.3) is 21.9 Å². The number of aromatic nitrogens is 1. The summed E-state index contributed by atoms with van der Waals surface area (Å²) < 4.78 is 12.8. The monoisotopic (exact) mass is 430 g/mol. The molecular formula is C27H30N2O3. The summed E-state index contributed by atoms with van der Waals surface area (Å²) in [5, 5.41) is 2.33. The summed E-state index contributed by atoms with van der Waals surface area (Å²) in [5.74, 6) is -0.242. The van der Waals surface area contributed by atoms with Crippen LogP contribution in [0.4, 0.5) is 0 Å². The van der Waals surface area contributed by atoms with Crippen LogP contribution in [0.3, 0.4) is 0 Å². The molecule has 5 rings (SSSR count). The lowest BCUT2D eigenvalue weighted by molar-refractivity contribution is -0.309. The number of benzene rings is 2. The van der Waals surface area contributed by atoms with Gasteiger partial charge >= 0.3 is 0 Å². The lowest BCUT2D eigenvalue weighted by Crippen LogP contribution is -2.49. The first-order valence-corrected chi connectivity index (χ1v) is 11.7. The summed E-state index contributed by atoms with van der Waals surface area (Å²) in [7, 11) is 0. The SMILES string of the molecule is CCC(=O)N1CCC(C2(c3ccc(-c4ccc5cnccc5c4)cc3)OCCCO2)CC1. The van der Waals surface area contributed by atoms with E-state index in [2.05, 4.69) is 47.4 Å². The number of piperidine rings is 1. The smallest absolute Gasteiger partial charge is 0.222 e. The third-order valence-electron chi connectivity index (χ3n) is 6.87. The number of fused-ring (bicyclic) bond motifs is 1. The van der Waals surface area contributed by atoms with Gasteiger partial charge in [-0.15, -0.1) is 0 Å². The van der Waals surface area contributed by atoms with Crippen molar-refractivity contribution < 1.29 is 14.3 Å². The van der Waals surface area contributed by atoms with Crippen LogP contribution in [0.1, 0.15) is 38.2 Å². The molecule has 1 amide bonds. The quantitative estimate of drug-likeness (QED) is 0.575. The van der Waals surface area contributed by atoms with Crippen molar-refractivity contribution in [2.75, 3.05) is 26.3 Å². The Labute approximate surface area is 189 Å². The molecule has 5 heteroatoms. The lowest BCUT2D eigenvalue weighted by atomic mass is 9.83. The maximum Gasteiger partial charge on any atom is 0.222 e. The Morgan fingerprint density at radius 3 is 2.44 bits per heavy atom. The van der Waals surface area contributed by atoms with E-state index in [-0.39, 0.29) is 11.8 Å². The minimum atomic E-state index is -0.715. The van der Waals surface area contributed by atoms with E-state index in [0.29, 0.717) is 19.6 Å². The minimum absolute atomic E-state index is 0.235. The Kier molecular flexibility index (Phi) is 5.94. The average Bonchev–Trinajstić information content (AvgIpc) is 2.88.